The number of nitrogens with two attached hydrogens (primary N) is 1. The Balaban J connectivity index is 2.73. The molecule has 4 heteroatoms. The number of rotatable bonds is 9. The van der Waals surface area contributed by atoms with Crippen LogP contribution in [0.1, 0.15) is 6.42 Å². The molecule has 0 aliphatic rings. The minimum atomic E-state index is 0.778. The summed E-state index contributed by atoms with van der Waals surface area (Å²) < 4.78 is 0. The quantitative estimate of drug-likeness (QED) is 0.329. The van der Waals surface area contributed by atoms with Crippen molar-refractivity contribution in [3.8, 4) is 0 Å². The highest BCUT2D eigenvalue weighted by atomic mass is 15.0. The number of likely N-dealkylation sites (N-methyl/N-ethyl adjacent to an activating group) is 1. The summed E-state index contributed by atoms with van der Waals surface area (Å²) in [7, 11) is 1.96. The second-order valence-corrected chi connectivity index (χ2v) is 2.75. The van der Waals surface area contributed by atoms with Crippen molar-refractivity contribution in [1.82, 2.24) is 16.0 Å². The van der Waals surface area contributed by atoms with Crippen molar-refractivity contribution in [1.29, 1.82) is 0 Å². The smallest absolute Gasteiger partial charge is 0.00772 e. The lowest BCUT2D eigenvalue weighted by atomic mass is 10.4. The molecule has 0 fully saturated rings. The van der Waals surface area contributed by atoms with Gasteiger partial charge >= 0.3 is 0 Å². The molecule has 0 aromatic carbocycles. The zero-order valence-corrected chi connectivity index (χ0v) is 8.03. The maximum absolute atomic E-state index is 5.35. The van der Waals surface area contributed by atoms with E-state index < -0.39 is 0 Å². The monoisotopic (exact) mass is 174 g/mol. The summed E-state index contributed by atoms with van der Waals surface area (Å²) in [5.74, 6) is 0. The average Bonchev–Trinajstić information content (AvgIpc) is 2.10. The molecule has 0 amide bonds. The summed E-state index contributed by atoms with van der Waals surface area (Å²) in [5, 5.41) is 9.69. The lowest BCUT2D eigenvalue weighted by molar-refractivity contribution is 0.590. The van der Waals surface area contributed by atoms with Gasteiger partial charge in [-0.2, -0.15) is 0 Å². The molecule has 0 saturated heterocycles. The Labute approximate surface area is 75.3 Å². The van der Waals surface area contributed by atoms with Crippen molar-refractivity contribution in [2.75, 3.05) is 46.3 Å². The molecule has 0 bridgehead atoms. The van der Waals surface area contributed by atoms with Gasteiger partial charge in [0.05, 0.1) is 0 Å². The van der Waals surface area contributed by atoms with Crippen LogP contribution in [0.3, 0.4) is 0 Å². The zero-order chi connectivity index (χ0) is 9.07. The SMILES string of the molecule is CNCCNCCNCCCN. The molecule has 74 valence electrons. The predicted octanol–water partition coefficient (Wildman–Crippen LogP) is -1.27. The third-order valence-electron chi connectivity index (χ3n) is 1.59. The van der Waals surface area contributed by atoms with Gasteiger partial charge < -0.3 is 21.7 Å². The van der Waals surface area contributed by atoms with Crippen molar-refractivity contribution >= 4 is 0 Å². The molecule has 4 nitrogen and oxygen atoms in total. The van der Waals surface area contributed by atoms with Crippen LogP contribution >= 0.6 is 0 Å². The van der Waals surface area contributed by atoms with Crippen LogP contribution in [0, 0.1) is 0 Å². The zero-order valence-electron chi connectivity index (χ0n) is 8.03. The van der Waals surface area contributed by atoms with Crippen LogP contribution in [-0.4, -0.2) is 46.3 Å². The van der Waals surface area contributed by atoms with Crippen LogP contribution in [0.25, 0.3) is 0 Å². The van der Waals surface area contributed by atoms with E-state index in [9.17, 15) is 0 Å². The van der Waals surface area contributed by atoms with Crippen LogP contribution in [-0.2, 0) is 0 Å². The Bertz CT molecular complexity index is 67.5. The first-order valence-electron chi connectivity index (χ1n) is 4.68. The van der Waals surface area contributed by atoms with Crippen LogP contribution < -0.4 is 21.7 Å². The van der Waals surface area contributed by atoms with Gasteiger partial charge in [-0.15, -0.1) is 0 Å². The van der Waals surface area contributed by atoms with Crippen LogP contribution in [0.2, 0.25) is 0 Å². The van der Waals surface area contributed by atoms with Gasteiger partial charge in [-0.3, -0.25) is 0 Å². The van der Waals surface area contributed by atoms with Crippen molar-refractivity contribution in [3.05, 3.63) is 0 Å². The van der Waals surface area contributed by atoms with E-state index in [1.165, 1.54) is 0 Å². The molecular formula is C8H22N4. The fourth-order valence-electron chi connectivity index (χ4n) is 0.867. The molecule has 0 aromatic rings. The fraction of sp³-hybridized carbons (Fsp3) is 1.00. The normalized spacial score (nSPS) is 10.5. The lowest BCUT2D eigenvalue weighted by Crippen LogP contribution is -2.32. The molecule has 0 aliphatic carbocycles. The van der Waals surface area contributed by atoms with E-state index in [0.717, 1.165) is 45.7 Å². The first-order valence-corrected chi connectivity index (χ1v) is 4.68. The van der Waals surface area contributed by atoms with Gasteiger partial charge in [0.15, 0.2) is 0 Å². The van der Waals surface area contributed by atoms with Crippen molar-refractivity contribution in [3.63, 3.8) is 0 Å². The van der Waals surface area contributed by atoms with Crippen molar-refractivity contribution < 1.29 is 0 Å². The molecule has 12 heavy (non-hydrogen) atoms. The summed E-state index contributed by atoms with van der Waals surface area (Å²) in [4.78, 5) is 0. The topological polar surface area (TPSA) is 62.1 Å². The Morgan fingerprint density at radius 3 is 2.08 bits per heavy atom. The molecule has 0 heterocycles. The van der Waals surface area contributed by atoms with E-state index in [-0.39, 0.29) is 0 Å². The summed E-state index contributed by atoms with van der Waals surface area (Å²) >= 11 is 0. The molecule has 0 rings (SSSR count). The molecule has 0 unspecified atom stereocenters. The Hall–Kier alpha value is -0.160. The minimum Gasteiger partial charge on any atom is -0.330 e. The maximum atomic E-state index is 5.35. The van der Waals surface area contributed by atoms with Gasteiger partial charge in [0.1, 0.15) is 0 Å². The summed E-state index contributed by atoms with van der Waals surface area (Å²) in [6.07, 6.45) is 1.07. The summed E-state index contributed by atoms with van der Waals surface area (Å²) in [6.45, 7) is 5.94. The summed E-state index contributed by atoms with van der Waals surface area (Å²) in [5.41, 5.74) is 5.35. The standard InChI is InChI=1S/C8H22N4/c1-10-5-6-12-8-7-11-4-2-3-9/h10-12H,2-9H2,1H3. The number of hydrogen-bond donors (Lipinski definition) is 4. The van der Waals surface area contributed by atoms with E-state index in [2.05, 4.69) is 16.0 Å². The highest BCUT2D eigenvalue weighted by Crippen LogP contribution is 1.67. The molecule has 0 spiro atoms. The lowest BCUT2D eigenvalue weighted by Gasteiger charge is -2.05. The second-order valence-electron chi connectivity index (χ2n) is 2.75. The van der Waals surface area contributed by atoms with Gasteiger partial charge in [0.25, 0.3) is 0 Å². The van der Waals surface area contributed by atoms with Crippen LogP contribution in [0.15, 0.2) is 0 Å². The van der Waals surface area contributed by atoms with Gasteiger partial charge in [0.2, 0.25) is 0 Å². The maximum Gasteiger partial charge on any atom is 0.00772 e. The van der Waals surface area contributed by atoms with Crippen LogP contribution in [0.4, 0.5) is 0 Å². The van der Waals surface area contributed by atoms with Gasteiger partial charge in [0, 0.05) is 26.2 Å². The predicted molar refractivity (Wildman–Crippen MR) is 53.3 cm³/mol. The highest BCUT2D eigenvalue weighted by Gasteiger charge is 1.86. The molecule has 0 atom stereocenters. The minimum absolute atomic E-state index is 0.778. The second kappa shape index (κ2) is 10.8. The third kappa shape index (κ3) is 9.84. The van der Waals surface area contributed by atoms with E-state index in [0.29, 0.717) is 0 Å². The van der Waals surface area contributed by atoms with E-state index in [1.54, 1.807) is 0 Å². The average molecular weight is 174 g/mol. The van der Waals surface area contributed by atoms with E-state index in [4.69, 9.17) is 5.73 Å². The molecule has 0 radical (unpaired) electrons. The molecule has 0 aliphatic heterocycles. The molecule has 0 saturated carbocycles. The third-order valence-corrected chi connectivity index (χ3v) is 1.59. The van der Waals surface area contributed by atoms with Crippen LogP contribution in [0.5, 0.6) is 0 Å². The first-order chi connectivity index (χ1) is 5.91. The number of hydrogen-bond acceptors (Lipinski definition) is 4. The molecule has 5 N–H and O–H groups in total. The largest absolute Gasteiger partial charge is 0.330 e. The van der Waals surface area contributed by atoms with Crippen molar-refractivity contribution in [2.24, 2.45) is 5.73 Å². The van der Waals surface area contributed by atoms with E-state index in [1.807, 2.05) is 7.05 Å². The van der Waals surface area contributed by atoms with Gasteiger partial charge in [-0.05, 0) is 26.6 Å². The summed E-state index contributed by atoms with van der Waals surface area (Å²) in [6, 6.07) is 0. The van der Waals surface area contributed by atoms with Gasteiger partial charge in [-0.1, -0.05) is 0 Å². The Kier molecular flexibility index (Phi) is 10.7. The molecular weight excluding hydrogens is 152 g/mol. The van der Waals surface area contributed by atoms with Crippen molar-refractivity contribution in [2.45, 2.75) is 6.42 Å². The Morgan fingerprint density at radius 1 is 0.917 bits per heavy atom. The van der Waals surface area contributed by atoms with Gasteiger partial charge in [-0.25, -0.2) is 0 Å². The Morgan fingerprint density at radius 2 is 1.50 bits per heavy atom. The number of nitrogens with one attached hydrogen (secondary N) is 3. The fourth-order valence-corrected chi connectivity index (χ4v) is 0.867. The molecule has 0 aromatic heterocycles. The van der Waals surface area contributed by atoms with E-state index >= 15 is 0 Å². The highest BCUT2D eigenvalue weighted by molar-refractivity contribution is 4.53. The first kappa shape index (κ1) is 11.8.